The summed E-state index contributed by atoms with van der Waals surface area (Å²) in [6.45, 7) is 4.80. The minimum Gasteiger partial charge on any atom is -0.456 e. The van der Waals surface area contributed by atoms with Gasteiger partial charge >= 0.3 is 12.0 Å². The normalized spacial score (nSPS) is 18.9. The molecule has 8 heteroatoms. The van der Waals surface area contributed by atoms with Crippen LogP contribution in [0.25, 0.3) is 0 Å². The lowest BCUT2D eigenvalue weighted by atomic mass is 9.96. The molecule has 0 saturated heterocycles. The zero-order valence-electron chi connectivity index (χ0n) is 15.7. The van der Waals surface area contributed by atoms with Gasteiger partial charge in [0, 0.05) is 18.0 Å². The molecule has 0 saturated carbocycles. The van der Waals surface area contributed by atoms with Crippen LogP contribution in [0.2, 0.25) is 0 Å². The quantitative estimate of drug-likeness (QED) is 0.596. The van der Waals surface area contributed by atoms with Gasteiger partial charge in [-0.3, -0.25) is 9.69 Å². The van der Waals surface area contributed by atoms with Gasteiger partial charge < -0.3 is 15.0 Å². The molecule has 7 nitrogen and oxygen atoms in total. The van der Waals surface area contributed by atoms with Gasteiger partial charge in [-0.25, -0.2) is 9.59 Å². The number of hydrogen-bond donors (Lipinski definition) is 1. The number of rotatable bonds is 6. The van der Waals surface area contributed by atoms with Gasteiger partial charge in [0.05, 0.1) is 17.3 Å². The van der Waals surface area contributed by atoms with Crippen LogP contribution in [0.1, 0.15) is 25.5 Å². The molecule has 0 bridgehead atoms. The Kier molecular flexibility index (Phi) is 5.74. The van der Waals surface area contributed by atoms with Crippen molar-refractivity contribution in [2.75, 3.05) is 32.5 Å². The number of thioether (sulfide) groups is 1. The van der Waals surface area contributed by atoms with Gasteiger partial charge in [-0.1, -0.05) is 12.1 Å². The number of benzene rings is 1. The third-order valence-electron chi connectivity index (χ3n) is 4.86. The number of amides is 3. The van der Waals surface area contributed by atoms with Crippen LogP contribution in [0.4, 0.5) is 4.79 Å². The third-order valence-corrected chi connectivity index (χ3v) is 5.60. The van der Waals surface area contributed by atoms with Gasteiger partial charge in [-0.05, 0) is 37.8 Å². The Labute approximate surface area is 162 Å². The first-order valence-corrected chi connectivity index (χ1v) is 10.1. The summed E-state index contributed by atoms with van der Waals surface area (Å²) >= 11 is 1.62. The maximum Gasteiger partial charge on any atom is 0.338 e. The highest BCUT2D eigenvalue weighted by atomic mass is 32.2. The monoisotopic (exact) mass is 389 g/mol. The Hall–Kier alpha value is -2.48. The summed E-state index contributed by atoms with van der Waals surface area (Å²) in [5, 5.41) is 2.85. The summed E-state index contributed by atoms with van der Waals surface area (Å²) in [6.07, 6.45) is 1.98. The van der Waals surface area contributed by atoms with Crippen LogP contribution >= 0.6 is 11.8 Å². The van der Waals surface area contributed by atoms with Crippen molar-refractivity contribution in [2.24, 2.45) is 0 Å². The molecule has 3 rings (SSSR count). The fourth-order valence-corrected chi connectivity index (χ4v) is 3.74. The maximum atomic E-state index is 12.7. The van der Waals surface area contributed by atoms with Crippen LogP contribution in [-0.2, 0) is 14.3 Å². The van der Waals surface area contributed by atoms with Crippen LogP contribution < -0.4 is 5.32 Å². The highest BCUT2D eigenvalue weighted by Gasteiger charge is 2.42. The van der Waals surface area contributed by atoms with E-state index in [0.717, 1.165) is 10.5 Å². The van der Waals surface area contributed by atoms with Crippen molar-refractivity contribution in [3.05, 3.63) is 41.1 Å². The topological polar surface area (TPSA) is 79.0 Å². The lowest BCUT2D eigenvalue weighted by Gasteiger charge is -2.33. The Bertz CT molecular complexity index is 787. The summed E-state index contributed by atoms with van der Waals surface area (Å²) in [6, 6.07) is 6.71. The molecule has 3 amide bonds. The van der Waals surface area contributed by atoms with E-state index in [0.29, 0.717) is 24.4 Å². The van der Waals surface area contributed by atoms with Crippen molar-refractivity contribution >= 4 is 29.7 Å². The second-order valence-corrected chi connectivity index (χ2v) is 7.12. The average molecular weight is 389 g/mol. The van der Waals surface area contributed by atoms with E-state index >= 15 is 0 Å². The predicted octanol–water partition coefficient (Wildman–Crippen LogP) is 2.15. The summed E-state index contributed by atoms with van der Waals surface area (Å²) in [7, 11) is 0. The van der Waals surface area contributed by atoms with Gasteiger partial charge in [0.1, 0.15) is 13.2 Å². The molecule has 0 aliphatic carbocycles. The van der Waals surface area contributed by atoms with E-state index in [1.165, 1.54) is 4.90 Å². The molecule has 0 radical (unpaired) electrons. The molecule has 2 heterocycles. The molecule has 0 spiro atoms. The van der Waals surface area contributed by atoms with E-state index in [-0.39, 0.29) is 19.1 Å². The number of nitrogens with one attached hydrogen (secondary N) is 1. The van der Waals surface area contributed by atoms with Crippen molar-refractivity contribution in [2.45, 2.75) is 24.8 Å². The van der Waals surface area contributed by atoms with Crippen molar-refractivity contribution in [3.8, 4) is 0 Å². The van der Waals surface area contributed by atoms with Crippen LogP contribution in [0.15, 0.2) is 40.4 Å². The maximum absolute atomic E-state index is 12.7. The fraction of sp³-hybridized carbons (Fsp3) is 0.421. The molecular weight excluding hydrogens is 366 g/mol. The smallest absolute Gasteiger partial charge is 0.338 e. The average Bonchev–Trinajstić information content (AvgIpc) is 3.06. The van der Waals surface area contributed by atoms with E-state index in [1.807, 2.05) is 44.4 Å². The largest absolute Gasteiger partial charge is 0.456 e. The van der Waals surface area contributed by atoms with Gasteiger partial charge in [-0.15, -0.1) is 11.8 Å². The van der Waals surface area contributed by atoms with Crippen LogP contribution in [0.5, 0.6) is 0 Å². The second-order valence-electron chi connectivity index (χ2n) is 6.24. The Balaban J connectivity index is 1.92. The van der Waals surface area contributed by atoms with Crippen molar-refractivity contribution in [1.29, 1.82) is 0 Å². The van der Waals surface area contributed by atoms with E-state index < -0.39 is 18.0 Å². The zero-order valence-corrected chi connectivity index (χ0v) is 16.5. The van der Waals surface area contributed by atoms with Crippen LogP contribution in [0.3, 0.4) is 0 Å². The molecule has 2 aliphatic heterocycles. The second kappa shape index (κ2) is 8.04. The number of likely N-dealkylation sites (N-methyl/N-ethyl adjacent to an activating group) is 1. The predicted molar refractivity (Wildman–Crippen MR) is 102 cm³/mol. The molecule has 0 fully saturated rings. The number of nitrogens with zero attached hydrogens (tertiary/aromatic N) is 2. The van der Waals surface area contributed by atoms with Crippen molar-refractivity contribution in [1.82, 2.24) is 15.1 Å². The number of carbonyl (C=O) groups excluding carboxylic acids is 3. The molecule has 1 aromatic rings. The molecular formula is C19H23N3O4S. The molecule has 1 aromatic carbocycles. The highest BCUT2D eigenvalue weighted by molar-refractivity contribution is 7.98. The Morgan fingerprint density at radius 2 is 1.93 bits per heavy atom. The molecule has 1 atom stereocenters. The van der Waals surface area contributed by atoms with Crippen molar-refractivity contribution in [3.63, 3.8) is 0 Å². The molecule has 0 aromatic heterocycles. The number of ether oxygens (including phenoxy) is 1. The summed E-state index contributed by atoms with van der Waals surface area (Å²) < 4.78 is 5.19. The number of hydrogen-bond acceptors (Lipinski definition) is 5. The molecule has 144 valence electrons. The first kappa shape index (κ1) is 19.3. The SMILES string of the molecule is CCN(CC)C(=O)CN1C(=O)NC(c2ccc(SC)cc2)C2=C1COC2=O. The molecule has 2 aliphatic rings. The van der Waals surface area contributed by atoms with Crippen LogP contribution in [0, 0.1) is 0 Å². The third kappa shape index (κ3) is 3.66. The van der Waals surface area contributed by atoms with E-state index in [4.69, 9.17) is 4.74 Å². The number of esters is 1. The van der Waals surface area contributed by atoms with Gasteiger partial charge in [0.2, 0.25) is 5.91 Å². The first-order valence-electron chi connectivity index (χ1n) is 8.90. The standard InChI is InChI=1S/C19H23N3O4S/c1-4-21(5-2)15(23)10-22-14-11-26-18(24)16(14)17(20-19(22)25)12-6-8-13(27-3)9-7-12/h6-9,17H,4-5,10-11H2,1-3H3,(H,20,25). The molecule has 1 unspecified atom stereocenters. The number of urea groups is 1. The molecule has 27 heavy (non-hydrogen) atoms. The van der Waals surface area contributed by atoms with E-state index in [9.17, 15) is 14.4 Å². The summed E-state index contributed by atoms with van der Waals surface area (Å²) in [5.41, 5.74) is 1.68. The summed E-state index contributed by atoms with van der Waals surface area (Å²) in [5.74, 6) is -0.617. The highest BCUT2D eigenvalue weighted by Crippen LogP contribution is 2.35. The van der Waals surface area contributed by atoms with Gasteiger partial charge in [0.15, 0.2) is 0 Å². The minimum atomic E-state index is -0.571. The Morgan fingerprint density at radius 1 is 1.26 bits per heavy atom. The minimum absolute atomic E-state index is 0.00646. The van der Waals surface area contributed by atoms with E-state index in [1.54, 1.807) is 16.7 Å². The van der Waals surface area contributed by atoms with Crippen molar-refractivity contribution < 1.29 is 19.1 Å². The fourth-order valence-electron chi connectivity index (χ4n) is 3.34. The number of cyclic esters (lactones) is 1. The Morgan fingerprint density at radius 3 is 2.52 bits per heavy atom. The van der Waals surface area contributed by atoms with Gasteiger partial charge in [0.25, 0.3) is 0 Å². The number of carbonyl (C=O) groups is 3. The first-order chi connectivity index (χ1) is 13.0. The molecule has 1 N–H and O–H groups in total. The van der Waals surface area contributed by atoms with Crippen LogP contribution in [-0.4, -0.2) is 60.2 Å². The lowest BCUT2D eigenvalue weighted by Crippen LogP contribution is -2.51. The van der Waals surface area contributed by atoms with Gasteiger partial charge in [-0.2, -0.15) is 0 Å². The summed E-state index contributed by atoms with van der Waals surface area (Å²) in [4.78, 5) is 41.6. The zero-order chi connectivity index (χ0) is 19.6. The lowest BCUT2D eigenvalue weighted by molar-refractivity contribution is -0.136. The van der Waals surface area contributed by atoms with E-state index in [2.05, 4.69) is 5.32 Å².